The van der Waals surface area contributed by atoms with Crippen LogP contribution >= 0.6 is 11.3 Å². The molecule has 0 fully saturated rings. The fraction of sp³-hybridized carbons (Fsp3) is 0.278. The van der Waals surface area contributed by atoms with Gasteiger partial charge in [0.15, 0.2) is 5.13 Å². The predicted molar refractivity (Wildman–Crippen MR) is 97.9 cm³/mol. The lowest BCUT2D eigenvalue weighted by Gasteiger charge is -2.18. The maximum atomic E-state index is 12.2. The SMILES string of the molecule is CCN(CC(=O)Nc1nc(C)c(C)s1)C(=O)C=Cc1ccccc1. The molecule has 2 aromatic rings. The molecule has 0 saturated heterocycles. The molecule has 0 aliphatic carbocycles. The zero-order valence-corrected chi connectivity index (χ0v) is 14.9. The highest BCUT2D eigenvalue weighted by Crippen LogP contribution is 2.20. The largest absolute Gasteiger partial charge is 0.330 e. The van der Waals surface area contributed by atoms with Gasteiger partial charge in [0.25, 0.3) is 0 Å². The van der Waals surface area contributed by atoms with Crippen molar-refractivity contribution in [3.63, 3.8) is 0 Å². The normalized spacial score (nSPS) is 10.8. The summed E-state index contributed by atoms with van der Waals surface area (Å²) in [6.07, 6.45) is 3.24. The van der Waals surface area contributed by atoms with Gasteiger partial charge in [0.1, 0.15) is 6.54 Å². The summed E-state index contributed by atoms with van der Waals surface area (Å²) in [5.41, 5.74) is 1.85. The fourth-order valence-corrected chi connectivity index (χ4v) is 2.87. The summed E-state index contributed by atoms with van der Waals surface area (Å²) in [6.45, 7) is 6.17. The van der Waals surface area contributed by atoms with Crippen LogP contribution in [-0.2, 0) is 9.59 Å². The van der Waals surface area contributed by atoms with Gasteiger partial charge in [-0.3, -0.25) is 9.59 Å². The summed E-state index contributed by atoms with van der Waals surface area (Å²) in [5.74, 6) is -0.435. The Labute approximate surface area is 146 Å². The minimum atomic E-state index is -0.243. The molecule has 2 amide bonds. The van der Waals surface area contributed by atoms with Crippen molar-refractivity contribution in [2.75, 3.05) is 18.4 Å². The van der Waals surface area contributed by atoms with Crippen molar-refractivity contribution in [1.29, 1.82) is 0 Å². The second-order valence-corrected chi connectivity index (χ2v) is 6.51. The zero-order chi connectivity index (χ0) is 17.5. The van der Waals surface area contributed by atoms with Gasteiger partial charge in [-0.05, 0) is 32.4 Å². The Balaban J connectivity index is 1.94. The number of carbonyl (C=O) groups is 2. The average Bonchev–Trinajstić information content (AvgIpc) is 2.88. The Hall–Kier alpha value is -2.47. The molecule has 6 heteroatoms. The summed E-state index contributed by atoms with van der Waals surface area (Å²) in [6, 6.07) is 9.57. The Morgan fingerprint density at radius 3 is 2.54 bits per heavy atom. The van der Waals surface area contributed by atoms with Gasteiger partial charge < -0.3 is 10.2 Å². The van der Waals surface area contributed by atoms with Gasteiger partial charge in [0, 0.05) is 17.5 Å². The topological polar surface area (TPSA) is 62.3 Å². The van der Waals surface area contributed by atoms with Crippen LogP contribution in [0.25, 0.3) is 6.08 Å². The maximum Gasteiger partial charge on any atom is 0.247 e. The van der Waals surface area contributed by atoms with Crippen LogP contribution in [0.4, 0.5) is 5.13 Å². The molecule has 0 aliphatic rings. The first-order valence-electron chi connectivity index (χ1n) is 7.75. The lowest BCUT2D eigenvalue weighted by Crippen LogP contribution is -2.36. The van der Waals surface area contributed by atoms with E-state index in [1.807, 2.05) is 51.1 Å². The van der Waals surface area contributed by atoms with Gasteiger partial charge >= 0.3 is 0 Å². The molecule has 0 saturated carbocycles. The first kappa shape index (κ1) is 17.9. The number of rotatable bonds is 6. The lowest BCUT2D eigenvalue weighted by molar-refractivity contribution is -0.130. The highest BCUT2D eigenvalue weighted by atomic mass is 32.1. The van der Waals surface area contributed by atoms with Crippen molar-refractivity contribution in [3.05, 3.63) is 52.5 Å². The van der Waals surface area contributed by atoms with E-state index in [1.54, 1.807) is 6.08 Å². The van der Waals surface area contributed by atoms with Crippen LogP contribution in [0.5, 0.6) is 0 Å². The molecular formula is C18H21N3O2S. The van der Waals surface area contributed by atoms with Crippen LogP contribution < -0.4 is 5.32 Å². The quantitative estimate of drug-likeness (QED) is 0.819. The highest BCUT2D eigenvalue weighted by molar-refractivity contribution is 7.15. The number of benzene rings is 1. The molecule has 0 spiro atoms. The number of likely N-dealkylation sites (N-methyl/N-ethyl adjacent to an activating group) is 1. The van der Waals surface area contributed by atoms with Crippen LogP contribution in [0.1, 0.15) is 23.1 Å². The molecule has 1 heterocycles. The molecule has 1 aromatic carbocycles. The third-order valence-electron chi connectivity index (χ3n) is 3.52. The van der Waals surface area contributed by atoms with Crippen molar-refractivity contribution < 1.29 is 9.59 Å². The summed E-state index contributed by atoms with van der Waals surface area (Å²) in [7, 11) is 0. The van der Waals surface area contributed by atoms with E-state index in [1.165, 1.54) is 22.3 Å². The van der Waals surface area contributed by atoms with E-state index in [4.69, 9.17) is 0 Å². The van der Waals surface area contributed by atoms with Gasteiger partial charge in [-0.2, -0.15) is 0 Å². The fourth-order valence-electron chi connectivity index (χ4n) is 2.04. The number of nitrogens with zero attached hydrogens (tertiary/aromatic N) is 2. The Kier molecular flexibility index (Phi) is 6.26. The predicted octanol–water partition coefficient (Wildman–Crippen LogP) is 3.26. The van der Waals surface area contributed by atoms with Gasteiger partial charge in [-0.1, -0.05) is 30.3 Å². The number of anilines is 1. The second kappa shape index (κ2) is 8.40. The van der Waals surface area contributed by atoms with Crippen LogP contribution in [0.2, 0.25) is 0 Å². The number of carbonyl (C=O) groups excluding carboxylic acids is 2. The highest BCUT2D eigenvalue weighted by Gasteiger charge is 2.15. The third kappa shape index (κ3) is 5.03. The monoisotopic (exact) mass is 343 g/mol. The van der Waals surface area contributed by atoms with Gasteiger partial charge in [-0.25, -0.2) is 4.98 Å². The van der Waals surface area contributed by atoms with E-state index in [-0.39, 0.29) is 18.4 Å². The summed E-state index contributed by atoms with van der Waals surface area (Å²) in [4.78, 5) is 31.2. The number of nitrogens with one attached hydrogen (secondary N) is 1. The molecular weight excluding hydrogens is 322 g/mol. The number of hydrogen-bond acceptors (Lipinski definition) is 4. The molecule has 5 nitrogen and oxygen atoms in total. The third-order valence-corrected chi connectivity index (χ3v) is 4.51. The molecule has 24 heavy (non-hydrogen) atoms. The molecule has 2 rings (SSSR count). The first-order valence-corrected chi connectivity index (χ1v) is 8.57. The van der Waals surface area contributed by atoms with Crippen molar-refractivity contribution in [2.24, 2.45) is 0 Å². The van der Waals surface area contributed by atoms with Crippen LogP contribution in [0, 0.1) is 13.8 Å². The Morgan fingerprint density at radius 2 is 1.96 bits per heavy atom. The van der Waals surface area contributed by atoms with Crippen molar-refractivity contribution in [3.8, 4) is 0 Å². The van der Waals surface area contributed by atoms with E-state index in [9.17, 15) is 9.59 Å². The smallest absolute Gasteiger partial charge is 0.247 e. The van der Waals surface area contributed by atoms with E-state index < -0.39 is 0 Å². The average molecular weight is 343 g/mol. The van der Waals surface area contributed by atoms with E-state index in [0.717, 1.165) is 16.1 Å². The molecule has 0 radical (unpaired) electrons. The summed E-state index contributed by atoms with van der Waals surface area (Å²) in [5, 5.41) is 3.32. The summed E-state index contributed by atoms with van der Waals surface area (Å²) < 4.78 is 0. The van der Waals surface area contributed by atoms with Crippen molar-refractivity contribution in [1.82, 2.24) is 9.88 Å². The van der Waals surface area contributed by atoms with Gasteiger partial charge in [0.2, 0.25) is 11.8 Å². The minimum absolute atomic E-state index is 0.00609. The van der Waals surface area contributed by atoms with Gasteiger partial charge in [-0.15, -0.1) is 11.3 Å². The number of hydrogen-bond donors (Lipinski definition) is 1. The molecule has 0 aliphatic heterocycles. The van der Waals surface area contributed by atoms with Crippen molar-refractivity contribution in [2.45, 2.75) is 20.8 Å². The van der Waals surface area contributed by atoms with E-state index in [0.29, 0.717) is 11.7 Å². The van der Waals surface area contributed by atoms with E-state index in [2.05, 4.69) is 10.3 Å². The molecule has 126 valence electrons. The number of amides is 2. The van der Waals surface area contributed by atoms with Gasteiger partial charge in [0.05, 0.1) is 5.69 Å². The minimum Gasteiger partial charge on any atom is -0.330 e. The van der Waals surface area contributed by atoms with Crippen LogP contribution in [0.15, 0.2) is 36.4 Å². The number of aryl methyl sites for hydroxylation is 2. The maximum absolute atomic E-state index is 12.2. The number of aromatic nitrogens is 1. The van der Waals surface area contributed by atoms with Crippen molar-refractivity contribution >= 4 is 34.4 Å². The van der Waals surface area contributed by atoms with Crippen LogP contribution in [-0.4, -0.2) is 34.8 Å². The molecule has 1 N–H and O–H groups in total. The lowest BCUT2D eigenvalue weighted by atomic mass is 10.2. The Morgan fingerprint density at radius 1 is 1.25 bits per heavy atom. The molecule has 0 atom stereocenters. The molecule has 1 aromatic heterocycles. The van der Waals surface area contributed by atoms with E-state index >= 15 is 0 Å². The molecule has 0 unspecified atom stereocenters. The molecule has 0 bridgehead atoms. The summed E-state index contributed by atoms with van der Waals surface area (Å²) >= 11 is 1.43. The second-order valence-electron chi connectivity index (χ2n) is 5.31. The number of thiazole rings is 1. The standard InChI is InChI=1S/C18H21N3O2S/c1-4-21(17(23)11-10-15-8-6-5-7-9-15)12-16(22)20-18-19-13(2)14(3)24-18/h5-11H,4,12H2,1-3H3,(H,19,20,22). The van der Waals surface area contributed by atoms with Crippen LogP contribution in [0.3, 0.4) is 0 Å². The Bertz CT molecular complexity index is 718. The zero-order valence-electron chi connectivity index (χ0n) is 14.1. The first-order chi connectivity index (χ1) is 11.5.